The van der Waals surface area contributed by atoms with Crippen molar-refractivity contribution < 1.29 is 13.2 Å². The lowest BCUT2D eigenvalue weighted by atomic mass is 9.90. The number of hydrogen-bond acceptors (Lipinski definition) is 4. The maximum Gasteiger partial charge on any atom is 0.216 e. The molecule has 1 saturated carbocycles. The van der Waals surface area contributed by atoms with Crippen molar-refractivity contribution in [3.63, 3.8) is 0 Å². The fourth-order valence-corrected chi connectivity index (χ4v) is 4.06. The predicted molar refractivity (Wildman–Crippen MR) is 86.5 cm³/mol. The van der Waals surface area contributed by atoms with E-state index in [4.69, 9.17) is 22.7 Å². The second-order valence-corrected chi connectivity index (χ2v) is 7.34. The van der Waals surface area contributed by atoms with Gasteiger partial charge in [-0.25, -0.2) is 13.1 Å². The van der Waals surface area contributed by atoms with Crippen LogP contribution in [0.2, 0.25) is 0 Å². The summed E-state index contributed by atoms with van der Waals surface area (Å²) in [6.45, 7) is 2.59. The number of nitrogens with two attached hydrogens (primary N) is 1. The number of ether oxygens (including phenoxy) is 1. The SMILES string of the molecule is CCOC1CC(NS(=O)(=O)Cc2ccccc2C(N)=S)C1. The number of sulfonamides is 1. The first-order valence-corrected chi connectivity index (χ1v) is 8.96. The predicted octanol–water partition coefficient (Wildman–Crippen LogP) is 1.31. The summed E-state index contributed by atoms with van der Waals surface area (Å²) in [6, 6.07) is 7.00. The van der Waals surface area contributed by atoms with Gasteiger partial charge in [0.2, 0.25) is 10.0 Å². The minimum atomic E-state index is -3.41. The van der Waals surface area contributed by atoms with E-state index >= 15 is 0 Å². The normalized spacial score (nSPS) is 21.8. The molecule has 0 saturated heterocycles. The molecule has 1 aromatic rings. The van der Waals surface area contributed by atoms with Crippen LogP contribution in [-0.4, -0.2) is 32.2 Å². The molecule has 0 unspecified atom stereocenters. The van der Waals surface area contributed by atoms with E-state index < -0.39 is 10.0 Å². The van der Waals surface area contributed by atoms with Crippen molar-refractivity contribution in [3.05, 3.63) is 35.4 Å². The van der Waals surface area contributed by atoms with Gasteiger partial charge in [-0.05, 0) is 25.3 Å². The van der Waals surface area contributed by atoms with E-state index in [1.165, 1.54) is 0 Å². The monoisotopic (exact) mass is 328 g/mol. The van der Waals surface area contributed by atoms with Gasteiger partial charge in [0.15, 0.2) is 0 Å². The fraction of sp³-hybridized carbons (Fsp3) is 0.500. The van der Waals surface area contributed by atoms with Gasteiger partial charge >= 0.3 is 0 Å². The Hall–Kier alpha value is -1.02. The molecule has 2 rings (SSSR count). The topological polar surface area (TPSA) is 81.4 Å². The third-order valence-corrected chi connectivity index (χ3v) is 5.08. The zero-order valence-electron chi connectivity index (χ0n) is 11.9. The molecule has 0 aliphatic heterocycles. The fourth-order valence-electron chi connectivity index (χ4n) is 2.42. The molecular weight excluding hydrogens is 308 g/mol. The number of thiocarbonyl (C=S) groups is 1. The number of nitrogens with one attached hydrogen (secondary N) is 1. The van der Waals surface area contributed by atoms with E-state index in [0.29, 0.717) is 17.7 Å². The number of benzene rings is 1. The summed E-state index contributed by atoms with van der Waals surface area (Å²) in [5, 5.41) is 0. The van der Waals surface area contributed by atoms with Crippen LogP contribution in [0.4, 0.5) is 0 Å². The first-order valence-electron chi connectivity index (χ1n) is 6.90. The Morgan fingerprint density at radius 1 is 1.43 bits per heavy atom. The maximum absolute atomic E-state index is 12.2. The van der Waals surface area contributed by atoms with Crippen molar-refractivity contribution in [1.82, 2.24) is 4.72 Å². The highest BCUT2D eigenvalue weighted by atomic mass is 32.2. The molecule has 1 aliphatic rings. The lowest BCUT2D eigenvalue weighted by Crippen LogP contribution is -2.48. The molecule has 1 aromatic carbocycles. The highest BCUT2D eigenvalue weighted by Crippen LogP contribution is 2.24. The molecule has 0 bridgehead atoms. The molecule has 3 N–H and O–H groups in total. The van der Waals surface area contributed by atoms with Crippen LogP contribution in [0.1, 0.15) is 30.9 Å². The second-order valence-electron chi connectivity index (χ2n) is 5.14. The van der Waals surface area contributed by atoms with Crippen LogP contribution >= 0.6 is 12.2 Å². The summed E-state index contributed by atoms with van der Waals surface area (Å²) in [4.78, 5) is 0.209. The molecule has 21 heavy (non-hydrogen) atoms. The summed E-state index contributed by atoms with van der Waals surface area (Å²) < 4.78 is 32.5. The molecular formula is C14H20N2O3S2. The Labute approximate surface area is 130 Å². The minimum absolute atomic E-state index is 0.0384. The van der Waals surface area contributed by atoms with Crippen LogP contribution in [0.3, 0.4) is 0 Å². The van der Waals surface area contributed by atoms with Crippen molar-refractivity contribution >= 4 is 27.2 Å². The Morgan fingerprint density at radius 2 is 2.10 bits per heavy atom. The largest absolute Gasteiger partial charge is 0.389 e. The molecule has 7 heteroatoms. The third-order valence-electron chi connectivity index (χ3n) is 3.47. The van der Waals surface area contributed by atoms with Crippen LogP contribution in [0.15, 0.2) is 24.3 Å². The van der Waals surface area contributed by atoms with E-state index in [2.05, 4.69) is 4.72 Å². The van der Waals surface area contributed by atoms with Gasteiger partial charge in [-0.15, -0.1) is 0 Å². The summed E-state index contributed by atoms with van der Waals surface area (Å²) in [5.74, 6) is -0.115. The van der Waals surface area contributed by atoms with E-state index in [1.54, 1.807) is 24.3 Å². The quantitative estimate of drug-likeness (QED) is 0.738. The molecule has 0 heterocycles. The van der Waals surface area contributed by atoms with Gasteiger partial charge in [-0.3, -0.25) is 0 Å². The Balaban J connectivity index is 1.98. The standard InChI is InChI=1S/C14H20N2O3S2/c1-2-19-12-7-11(8-12)16-21(17,18)9-10-5-3-4-6-13(10)14(15)20/h3-6,11-12,16H,2,7-9H2,1H3,(H2,15,20). The van der Waals surface area contributed by atoms with Gasteiger partial charge in [0, 0.05) is 18.2 Å². The molecule has 0 radical (unpaired) electrons. The third kappa shape index (κ3) is 4.47. The molecule has 0 aromatic heterocycles. The average Bonchev–Trinajstić information content (AvgIpc) is 2.36. The lowest BCUT2D eigenvalue weighted by molar-refractivity contribution is -0.00476. The van der Waals surface area contributed by atoms with Gasteiger partial charge in [0.1, 0.15) is 4.99 Å². The summed E-state index contributed by atoms with van der Waals surface area (Å²) in [7, 11) is -3.41. The van der Waals surface area contributed by atoms with Crippen LogP contribution in [0.25, 0.3) is 0 Å². The van der Waals surface area contributed by atoms with Gasteiger partial charge in [-0.2, -0.15) is 0 Å². The first-order chi connectivity index (χ1) is 9.91. The van der Waals surface area contributed by atoms with Crippen LogP contribution in [0.5, 0.6) is 0 Å². The minimum Gasteiger partial charge on any atom is -0.389 e. The lowest BCUT2D eigenvalue weighted by Gasteiger charge is -2.35. The van der Waals surface area contributed by atoms with E-state index in [-0.39, 0.29) is 22.9 Å². The van der Waals surface area contributed by atoms with Crippen LogP contribution in [0, 0.1) is 0 Å². The first kappa shape index (κ1) is 16.4. The van der Waals surface area contributed by atoms with Crippen molar-refractivity contribution in [1.29, 1.82) is 0 Å². The van der Waals surface area contributed by atoms with Gasteiger partial charge in [-0.1, -0.05) is 36.5 Å². The van der Waals surface area contributed by atoms with Gasteiger partial charge < -0.3 is 10.5 Å². The highest BCUT2D eigenvalue weighted by Gasteiger charge is 2.32. The van der Waals surface area contributed by atoms with Crippen LogP contribution < -0.4 is 10.5 Å². The summed E-state index contributed by atoms with van der Waals surface area (Å²) in [5.41, 5.74) is 6.86. The highest BCUT2D eigenvalue weighted by molar-refractivity contribution is 7.88. The molecule has 0 spiro atoms. The average molecular weight is 328 g/mol. The Morgan fingerprint density at radius 3 is 2.71 bits per heavy atom. The van der Waals surface area contributed by atoms with E-state index in [9.17, 15) is 8.42 Å². The second kappa shape index (κ2) is 6.83. The number of hydrogen-bond donors (Lipinski definition) is 2. The van der Waals surface area contributed by atoms with Crippen molar-refractivity contribution in [2.24, 2.45) is 5.73 Å². The Bertz CT molecular complexity index is 610. The Kier molecular flexibility index (Phi) is 5.32. The zero-order valence-corrected chi connectivity index (χ0v) is 13.5. The van der Waals surface area contributed by atoms with Crippen molar-refractivity contribution in [2.45, 2.75) is 37.7 Å². The molecule has 5 nitrogen and oxygen atoms in total. The summed E-state index contributed by atoms with van der Waals surface area (Å²) in [6.07, 6.45) is 1.63. The summed E-state index contributed by atoms with van der Waals surface area (Å²) >= 11 is 4.95. The van der Waals surface area contributed by atoms with Crippen LogP contribution in [-0.2, 0) is 20.5 Å². The smallest absolute Gasteiger partial charge is 0.216 e. The molecule has 1 aliphatic carbocycles. The van der Waals surface area contributed by atoms with Gasteiger partial charge in [0.05, 0.1) is 11.9 Å². The van der Waals surface area contributed by atoms with Crippen molar-refractivity contribution in [2.75, 3.05) is 6.61 Å². The molecule has 0 amide bonds. The molecule has 116 valence electrons. The number of rotatable bonds is 7. The van der Waals surface area contributed by atoms with Crippen molar-refractivity contribution in [3.8, 4) is 0 Å². The molecule has 1 fully saturated rings. The molecule has 0 atom stereocenters. The maximum atomic E-state index is 12.2. The zero-order chi connectivity index (χ0) is 15.5. The van der Waals surface area contributed by atoms with E-state index in [0.717, 1.165) is 12.8 Å². The van der Waals surface area contributed by atoms with Gasteiger partial charge in [0.25, 0.3) is 0 Å². The van der Waals surface area contributed by atoms with E-state index in [1.807, 2.05) is 6.92 Å².